The molecule has 3 amide bonds. The van der Waals surface area contributed by atoms with Gasteiger partial charge in [-0.3, -0.25) is 4.79 Å². The van der Waals surface area contributed by atoms with Gasteiger partial charge in [0.1, 0.15) is 4.90 Å². The van der Waals surface area contributed by atoms with Gasteiger partial charge in [0.05, 0.1) is 23.6 Å². The van der Waals surface area contributed by atoms with E-state index in [1.807, 2.05) is 7.05 Å². The molecule has 9 nitrogen and oxygen atoms in total. The monoisotopic (exact) mass is 511 g/mol. The number of nitrogen functional groups attached to an aromatic ring is 1. The third-order valence-electron chi connectivity index (χ3n) is 5.36. The lowest BCUT2D eigenvalue weighted by molar-refractivity contribution is 0.102. The highest BCUT2D eigenvalue weighted by Gasteiger charge is 2.36. The highest BCUT2D eigenvalue weighted by Crippen LogP contribution is 2.34. The predicted octanol–water partition coefficient (Wildman–Crippen LogP) is 3.57. The van der Waals surface area contributed by atoms with E-state index in [0.717, 1.165) is 21.5 Å². The lowest BCUT2D eigenvalue weighted by Crippen LogP contribution is -2.43. The minimum absolute atomic E-state index is 0.0583. The first-order chi connectivity index (χ1) is 16.8. The number of urea groups is 1. The van der Waals surface area contributed by atoms with Crippen molar-refractivity contribution in [3.05, 3.63) is 77.9 Å². The van der Waals surface area contributed by atoms with Crippen molar-refractivity contribution in [1.29, 1.82) is 0 Å². The Balaban J connectivity index is 1.50. The second kappa shape index (κ2) is 10.4. The van der Waals surface area contributed by atoms with Crippen LogP contribution in [0.4, 0.5) is 21.9 Å². The van der Waals surface area contributed by atoms with E-state index in [1.165, 1.54) is 11.8 Å². The van der Waals surface area contributed by atoms with E-state index < -0.39 is 16.1 Å². The smallest absolute Gasteiger partial charge is 0.336 e. The van der Waals surface area contributed by atoms with Crippen molar-refractivity contribution in [2.24, 2.45) is 0 Å². The number of fused-ring (bicyclic) bond motifs is 1. The number of thioether (sulfide) groups is 1. The predicted molar refractivity (Wildman–Crippen MR) is 138 cm³/mol. The molecule has 0 aliphatic carbocycles. The van der Waals surface area contributed by atoms with Crippen LogP contribution in [0, 0.1) is 0 Å². The summed E-state index contributed by atoms with van der Waals surface area (Å²) in [4.78, 5) is 26.0. The molecule has 0 atom stereocenters. The number of benzene rings is 3. The van der Waals surface area contributed by atoms with E-state index in [9.17, 15) is 18.0 Å². The molecular weight excluding hydrogens is 486 g/mol. The van der Waals surface area contributed by atoms with Crippen LogP contribution in [0.25, 0.3) is 0 Å². The van der Waals surface area contributed by atoms with E-state index in [0.29, 0.717) is 22.5 Å². The summed E-state index contributed by atoms with van der Waals surface area (Å²) >= 11 is 1.53. The van der Waals surface area contributed by atoms with Crippen molar-refractivity contribution in [3.63, 3.8) is 0 Å². The highest BCUT2D eigenvalue weighted by atomic mass is 32.2. The normalized spacial score (nSPS) is 14.2. The average molecular weight is 512 g/mol. The summed E-state index contributed by atoms with van der Waals surface area (Å²) in [6.45, 7) is 0.613. The summed E-state index contributed by atoms with van der Waals surface area (Å²) in [5.41, 5.74) is 8.01. The molecule has 0 aromatic heterocycles. The molecule has 3 aromatic carbocycles. The van der Waals surface area contributed by atoms with Crippen LogP contribution in [-0.4, -0.2) is 44.0 Å². The number of nitrogens with one attached hydrogen (secondary N) is 3. The topological polar surface area (TPSA) is 134 Å². The molecule has 1 aliphatic heterocycles. The molecule has 182 valence electrons. The Bertz CT molecular complexity index is 1360. The second-order valence-corrected chi connectivity index (χ2v) is 10.8. The molecular formula is C24H25N5O4S2. The molecule has 11 heteroatoms. The van der Waals surface area contributed by atoms with Gasteiger partial charge < -0.3 is 21.7 Å². The van der Waals surface area contributed by atoms with E-state index >= 15 is 0 Å². The Hall–Kier alpha value is -3.54. The first-order valence-electron chi connectivity index (χ1n) is 10.8. The summed E-state index contributed by atoms with van der Waals surface area (Å²) in [6, 6.07) is 17.6. The molecule has 0 saturated carbocycles. The van der Waals surface area contributed by atoms with Gasteiger partial charge in [-0.25, -0.2) is 17.5 Å². The molecule has 4 rings (SSSR count). The first-order valence-corrected chi connectivity index (χ1v) is 13.2. The van der Waals surface area contributed by atoms with Gasteiger partial charge in [0.15, 0.2) is 0 Å². The van der Waals surface area contributed by atoms with Crippen LogP contribution in [0.3, 0.4) is 0 Å². The molecule has 35 heavy (non-hydrogen) atoms. The summed E-state index contributed by atoms with van der Waals surface area (Å²) in [6.07, 6.45) is 0. The van der Waals surface area contributed by atoms with Crippen LogP contribution in [0.1, 0.15) is 15.9 Å². The molecule has 0 fully saturated rings. The van der Waals surface area contributed by atoms with Crippen LogP contribution in [0.2, 0.25) is 0 Å². The SMILES string of the molecule is CNCCSc1ccc2c(c1)S(=O)(=O)N(Cc1ccc(C(=O)Nc3ccccc3N)cc1)C(=O)N2. The van der Waals surface area contributed by atoms with Gasteiger partial charge in [-0.15, -0.1) is 11.8 Å². The fraction of sp³-hybridized carbons (Fsp3) is 0.167. The van der Waals surface area contributed by atoms with Crippen molar-refractivity contribution in [1.82, 2.24) is 9.62 Å². The zero-order valence-corrected chi connectivity index (χ0v) is 20.6. The molecule has 1 aliphatic rings. The van der Waals surface area contributed by atoms with Gasteiger partial charge in [-0.2, -0.15) is 0 Å². The lowest BCUT2D eigenvalue weighted by Gasteiger charge is -2.29. The number of rotatable bonds is 8. The van der Waals surface area contributed by atoms with E-state index in [2.05, 4.69) is 16.0 Å². The first kappa shape index (κ1) is 24.6. The maximum Gasteiger partial charge on any atom is 0.336 e. The Kier molecular flexibility index (Phi) is 7.29. The van der Waals surface area contributed by atoms with E-state index in [1.54, 1.807) is 66.7 Å². The Morgan fingerprint density at radius 1 is 1.09 bits per heavy atom. The minimum Gasteiger partial charge on any atom is -0.397 e. The molecule has 0 radical (unpaired) electrons. The number of hydrogen-bond acceptors (Lipinski definition) is 7. The van der Waals surface area contributed by atoms with Crippen molar-refractivity contribution in [3.8, 4) is 0 Å². The number of anilines is 3. The molecule has 3 aromatic rings. The standard InChI is InChI=1S/C24H25N5O4S2/c1-26-12-13-34-18-10-11-21-22(14-18)35(32,33)29(24(31)28-21)15-16-6-8-17(9-7-16)23(30)27-20-5-3-2-4-19(20)25/h2-11,14,26H,12-13,15,25H2,1H3,(H,27,30)(H,28,31). The lowest BCUT2D eigenvalue weighted by atomic mass is 10.1. The fourth-order valence-electron chi connectivity index (χ4n) is 3.47. The van der Waals surface area contributed by atoms with Crippen molar-refractivity contribution >= 4 is 50.8 Å². The van der Waals surface area contributed by atoms with Crippen molar-refractivity contribution < 1.29 is 18.0 Å². The van der Waals surface area contributed by atoms with Crippen LogP contribution >= 0.6 is 11.8 Å². The molecule has 0 spiro atoms. The summed E-state index contributed by atoms with van der Waals surface area (Å²) in [5, 5.41) is 8.44. The van der Waals surface area contributed by atoms with Gasteiger partial charge in [0.25, 0.3) is 15.9 Å². The summed E-state index contributed by atoms with van der Waals surface area (Å²) < 4.78 is 27.4. The van der Waals surface area contributed by atoms with Gasteiger partial charge in [-0.05, 0) is 55.1 Å². The molecule has 1 heterocycles. The number of amides is 3. The van der Waals surface area contributed by atoms with Gasteiger partial charge in [0.2, 0.25) is 0 Å². The molecule has 0 saturated heterocycles. The van der Waals surface area contributed by atoms with Gasteiger partial charge in [0, 0.05) is 22.8 Å². The number of nitrogens with zero attached hydrogens (tertiary/aromatic N) is 1. The maximum absolute atomic E-state index is 13.3. The molecule has 0 unspecified atom stereocenters. The van der Waals surface area contributed by atoms with E-state index in [-0.39, 0.29) is 23.0 Å². The largest absolute Gasteiger partial charge is 0.397 e. The van der Waals surface area contributed by atoms with Crippen LogP contribution in [0.15, 0.2) is 76.5 Å². The van der Waals surface area contributed by atoms with Crippen LogP contribution < -0.4 is 21.7 Å². The van der Waals surface area contributed by atoms with Crippen LogP contribution in [0.5, 0.6) is 0 Å². The number of sulfonamides is 1. The number of nitrogens with two attached hydrogens (primary N) is 1. The van der Waals surface area contributed by atoms with Gasteiger partial charge >= 0.3 is 6.03 Å². The third-order valence-corrected chi connectivity index (χ3v) is 8.13. The Labute approximate surface area is 208 Å². The van der Waals surface area contributed by atoms with Crippen molar-refractivity contribution in [2.75, 3.05) is 35.7 Å². The third kappa shape index (κ3) is 5.42. The Morgan fingerprint density at radius 3 is 2.54 bits per heavy atom. The number of hydrogen-bond donors (Lipinski definition) is 4. The second-order valence-electron chi connectivity index (χ2n) is 7.79. The number of carbonyl (C=O) groups is 2. The average Bonchev–Trinajstić information content (AvgIpc) is 2.84. The summed E-state index contributed by atoms with van der Waals surface area (Å²) in [7, 11) is -2.21. The highest BCUT2D eigenvalue weighted by molar-refractivity contribution is 7.99. The number of para-hydroxylation sites is 2. The Morgan fingerprint density at radius 2 is 1.83 bits per heavy atom. The zero-order chi connectivity index (χ0) is 25.0. The van der Waals surface area contributed by atoms with E-state index in [4.69, 9.17) is 5.73 Å². The van der Waals surface area contributed by atoms with Gasteiger partial charge in [-0.1, -0.05) is 24.3 Å². The summed E-state index contributed by atoms with van der Waals surface area (Å²) in [5.74, 6) is 0.428. The van der Waals surface area contributed by atoms with Crippen LogP contribution in [-0.2, 0) is 16.6 Å². The molecule has 5 N–H and O–H groups in total. The minimum atomic E-state index is -4.06. The maximum atomic E-state index is 13.3. The fourth-order valence-corrected chi connectivity index (χ4v) is 5.95. The molecule has 0 bridgehead atoms. The van der Waals surface area contributed by atoms with Crippen molar-refractivity contribution in [2.45, 2.75) is 16.3 Å². The quantitative estimate of drug-likeness (QED) is 0.206. The number of carbonyl (C=O) groups excluding carboxylic acids is 2. The zero-order valence-electron chi connectivity index (χ0n) is 18.9.